The molecule has 5 heteroatoms. The molecule has 2 fully saturated rings. The molecule has 2 saturated heterocycles. The molecule has 1 amide bonds. The van der Waals surface area contributed by atoms with Crippen LogP contribution in [0.4, 0.5) is 5.82 Å². The molecule has 3 rings (SSSR count). The molecule has 0 saturated carbocycles. The zero-order valence-electron chi connectivity index (χ0n) is 12.1. The van der Waals surface area contributed by atoms with Crippen molar-refractivity contribution in [3.05, 3.63) is 17.8 Å². The molecule has 1 aromatic rings. The lowest BCUT2D eigenvalue weighted by Crippen LogP contribution is -2.34. The Balaban J connectivity index is 1.66. The second-order valence-electron chi connectivity index (χ2n) is 5.95. The highest BCUT2D eigenvalue weighted by molar-refractivity contribution is 5.92. The van der Waals surface area contributed by atoms with E-state index in [1.807, 2.05) is 17.0 Å². The van der Waals surface area contributed by atoms with Crippen LogP contribution in [0, 0.1) is 5.92 Å². The first-order valence-electron chi connectivity index (χ1n) is 7.62. The van der Waals surface area contributed by atoms with Crippen LogP contribution in [0.2, 0.25) is 0 Å². The van der Waals surface area contributed by atoms with E-state index in [0.29, 0.717) is 5.69 Å². The normalized spacial score (nSPS) is 20.4. The first kappa shape index (κ1) is 13.3. The Bertz CT molecular complexity index is 459. The number of hydrogen-bond donors (Lipinski definition) is 0. The molecule has 0 N–H and O–H groups in total. The highest BCUT2D eigenvalue weighted by atomic mass is 16.2. The second kappa shape index (κ2) is 5.77. The lowest BCUT2D eigenvalue weighted by atomic mass is 9.99. The van der Waals surface area contributed by atoms with E-state index in [1.165, 1.54) is 12.8 Å². The zero-order valence-corrected chi connectivity index (χ0v) is 12.1. The van der Waals surface area contributed by atoms with Gasteiger partial charge in [0.1, 0.15) is 0 Å². The van der Waals surface area contributed by atoms with Crippen molar-refractivity contribution in [2.75, 3.05) is 31.1 Å². The first-order valence-corrected chi connectivity index (χ1v) is 7.62. The summed E-state index contributed by atoms with van der Waals surface area (Å²) in [6.45, 7) is 6.07. The minimum Gasteiger partial charge on any atom is -0.355 e. The van der Waals surface area contributed by atoms with E-state index >= 15 is 0 Å². The summed E-state index contributed by atoms with van der Waals surface area (Å²) in [6.07, 6.45) is 4.61. The fraction of sp³-hybridized carbons (Fsp3) is 0.667. The quantitative estimate of drug-likeness (QED) is 0.827. The number of carbonyl (C=O) groups excluding carboxylic acids is 1. The van der Waals surface area contributed by atoms with Gasteiger partial charge in [-0.1, -0.05) is 6.92 Å². The number of piperidine rings is 1. The molecule has 0 bridgehead atoms. The average Bonchev–Trinajstić information content (AvgIpc) is 3.02. The number of nitrogens with zero attached hydrogens (tertiary/aromatic N) is 4. The zero-order chi connectivity index (χ0) is 13.9. The van der Waals surface area contributed by atoms with Gasteiger partial charge in [-0.25, -0.2) is 0 Å². The summed E-state index contributed by atoms with van der Waals surface area (Å²) in [4.78, 5) is 16.3. The average molecular weight is 274 g/mol. The second-order valence-corrected chi connectivity index (χ2v) is 5.95. The molecule has 20 heavy (non-hydrogen) atoms. The number of aromatic nitrogens is 2. The number of hydrogen-bond acceptors (Lipinski definition) is 4. The van der Waals surface area contributed by atoms with E-state index < -0.39 is 0 Å². The summed E-state index contributed by atoms with van der Waals surface area (Å²) in [7, 11) is 0. The molecule has 1 aromatic heterocycles. The van der Waals surface area contributed by atoms with Crippen molar-refractivity contribution in [1.29, 1.82) is 0 Å². The number of likely N-dealkylation sites (tertiary alicyclic amines) is 1. The molecule has 0 radical (unpaired) electrons. The number of amides is 1. The fourth-order valence-corrected chi connectivity index (χ4v) is 2.93. The molecule has 3 heterocycles. The topological polar surface area (TPSA) is 49.3 Å². The van der Waals surface area contributed by atoms with Gasteiger partial charge in [0.25, 0.3) is 5.91 Å². The summed E-state index contributed by atoms with van der Waals surface area (Å²) in [6, 6.07) is 3.76. The van der Waals surface area contributed by atoms with E-state index in [2.05, 4.69) is 22.0 Å². The number of carbonyl (C=O) groups is 1. The number of anilines is 1. The van der Waals surface area contributed by atoms with E-state index in [-0.39, 0.29) is 5.91 Å². The minimum atomic E-state index is 0.0221. The molecule has 0 spiro atoms. The number of rotatable bonds is 2. The monoisotopic (exact) mass is 274 g/mol. The SMILES string of the molecule is CC1CCN(c2ccc(C(=O)N3CCCC3)nn2)CC1. The Morgan fingerprint density at radius 3 is 2.40 bits per heavy atom. The fourth-order valence-electron chi connectivity index (χ4n) is 2.93. The van der Waals surface area contributed by atoms with Gasteiger partial charge in [0.2, 0.25) is 0 Å². The molecule has 0 aromatic carbocycles. The summed E-state index contributed by atoms with van der Waals surface area (Å²) in [5.41, 5.74) is 0.473. The summed E-state index contributed by atoms with van der Waals surface area (Å²) in [5, 5.41) is 8.38. The molecular weight excluding hydrogens is 252 g/mol. The van der Waals surface area contributed by atoms with Crippen LogP contribution in [0.3, 0.4) is 0 Å². The Kier molecular flexibility index (Phi) is 3.85. The van der Waals surface area contributed by atoms with Crippen molar-refractivity contribution in [1.82, 2.24) is 15.1 Å². The lowest BCUT2D eigenvalue weighted by Gasteiger charge is -2.30. The summed E-state index contributed by atoms with van der Waals surface area (Å²) in [5.74, 6) is 1.72. The minimum absolute atomic E-state index is 0.0221. The van der Waals surface area contributed by atoms with Crippen LogP contribution >= 0.6 is 0 Å². The van der Waals surface area contributed by atoms with Gasteiger partial charge in [-0.3, -0.25) is 4.79 Å². The van der Waals surface area contributed by atoms with Gasteiger partial charge in [-0.15, -0.1) is 10.2 Å². The van der Waals surface area contributed by atoms with Crippen molar-refractivity contribution in [3.63, 3.8) is 0 Å². The van der Waals surface area contributed by atoms with Crippen LogP contribution < -0.4 is 4.90 Å². The first-order chi connectivity index (χ1) is 9.74. The molecule has 0 aliphatic carbocycles. The van der Waals surface area contributed by atoms with Crippen LogP contribution in [-0.2, 0) is 0 Å². The van der Waals surface area contributed by atoms with Crippen molar-refractivity contribution < 1.29 is 4.79 Å². The largest absolute Gasteiger partial charge is 0.355 e. The van der Waals surface area contributed by atoms with E-state index in [4.69, 9.17) is 0 Å². The van der Waals surface area contributed by atoms with Crippen molar-refractivity contribution >= 4 is 11.7 Å². The standard InChI is InChI=1S/C15H22N4O/c1-12-6-10-18(11-7-12)14-5-4-13(16-17-14)15(20)19-8-2-3-9-19/h4-5,12H,2-3,6-11H2,1H3. The molecule has 2 aliphatic rings. The Morgan fingerprint density at radius 2 is 1.80 bits per heavy atom. The van der Waals surface area contributed by atoms with E-state index in [0.717, 1.165) is 50.8 Å². The van der Waals surface area contributed by atoms with Crippen molar-refractivity contribution in [2.45, 2.75) is 32.6 Å². The maximum atomic E-state index is 12.2. The van der Waals surface area contributed by atoms with Gasteiger partial charge >= 0.3 is 0 Å². The van der Waals surface area contributed by atoms with Crippen molar-refractivity contribution in [2.24, 2.45) is 5.92 Å². The van der Waals surface area contributed by atoms with Gasteiger partial charge in [0.05, 0.1) is 0 Å². The van der Waals surface area contributed by atoms with E-state index in [1.54, 1.807) is 0 Å². The third-order valence-corrected chi connectivity index (χ3v) is 4.37. The van der Waals surface area contributed by atoms with Gasteiger partial charge in [-0.05, 0) is 43.7 Å². The van der Waals surface area contributed by atoms with Gasteiger partial charge in [0, 0.05) is 26.2 Å². The van der Waals surface area contributed by atoms with Gasteiger partial charge in [0.15, 0.2) is 11.5 Å². The highest BCUT2D eigenvalue weighted by Crippen LogP contribution is 2.21. The summed E-state index contributed by atoms with van der Waals surface area (Å²) < 4.78 is 0. The van der Waals surface area contributed by atoms with Crippen LogP contribution in [0.25, 0.3) is 0 Å². The van der Waals surface area contributed by atoms with Gasteiger partial charge < -0.3 is 9.80 Å². The Morgan fingerprint density at radius 1 is 1.10 bits per heavy atom. The maximum absolute atomic E-state index is 12.2. The predicted octanol–water partition coefficient (Wildman–Crippen LogP) is 1.95. The molecular formula is C15H22N4O. The predicted molar refractivity (Wildman–Crippen MR) is 77.8 cm³/mol. The molecule has 0 atom stereocenters. The van der Waals surface area contributed by atoms with Gasteiger partial charge in [-0.2, -0.15) is 0 Å². The highest BCUT2D eigenvalue weighted by Gasteiger charge is 2.22. The summed E-state index contributed by atoms with van der Waals surface area (Å²) >= 11 is 0. The Labute approximate surface area is 120 Å². The van der Waals surface area contributed by atoms with Crippen LogP contribution in [0.1, 0.15) is 43.1 Å². The van der Waals surface area contributed by atoms with Crippen molar-refractivity contribution in [3.8, 4) is 0 Å². The Hall–Kier alpha value is -1.65. The van der Waals surface area contributed by atoms with Crippen LogP contribution in [0.5, 0.6) is 0 Å². The smallest absolute Gasteiger partial charge is 0.274 e. The third kappa shape index (κ3) is 2.76. The lowest BCUT2D eigenvalue weighted by molar-refractivity contribution is 0.0786. The maximum Gasteiger partial charge on any atom is 0.274 e. The third-order valence-electron chi connectivity index (χ3n) is 4.37. The molecule has 5 nitrogen and oxygen atoms in total. The molecule has 0 unspecified atom stereocenters. The molecule has 108 valence electrons. The van der Waals surface area contributed by atoms with E-state index in [9.17, 15) is 4.79 Å². The van der Waals surface area contributed by atoms with Crippen LogP contribution in [-0.4, -0.2) is 47.2 Å². The van der Waals surface area contributed by atoms with Crippen LogP contribution in [0.15, 0.2) is 12.1 Å². The molecule has 2 aliphatic heterocycles.